The van der Waals surface area contributed by atoms with Gasteiger partial charge in [0.15, 0.2) is 0 Å². The van der Waals surface area contributed by atoms with Crippen LogP contribution in [0.5, 0.6) is 0 Å². The van der Waals surface area contributed by atoms with Gasteiger partial charge in [-0.05, 0) is 29.3 Å². The Hall–Kier alpha value is -2.38. The molecule has 7 heteroatoms. The first-order chi connectivity index (χ1) is 11.4. The second-order valence-electron chi connectivity index (χ2n) is 5.34. The van der Waals surface area contributed by atoms with E-state index >= 15 is 0 Å². The highest BCUT2D eigenvalue weighted by Crippen LogP contribution is 2.16. The smallest absolute Gasteiger partial charge is 0.251 e. The zero-order valence-corrected chi connectivity index (χ0v) is 14.4. The lowest BCUT2D eigenvalue weighted by Crippen LogP contribution is -2.23. The predicted molar refractivity (Wildman–Crippen MR) is 93.2 cm³/mol. The molecule has 0 aliphatic rings. The van der Waals surface area contributed by atoms with Crippen LogP contribution in [0.25, 0.3) is 0 Å². The molecule has 2 rings (SSSR count). The summed E-state index contributed by atoms with van der Waals surface area (Å²) in [5.74, 6) is -0.229. The zero-order chi connectivity index (χ0) is 17.6. The second-order valence-corrected chi connectivity index (χ2v) is 7.09. The van der Waals surface area contributed by atoms with Crippen LogP contribution < -0.4 is 10.0 Å². The number of hydrogen-bond donors (Lipinski definition) is 2. The van der Waals surface area contributed by atoms with Crippen molar-refractivity contribution in [1.29, 1.82) is 0 Å². The highest BCUT2D eigenvalue weighted by Gasteiger charge is 2.09. The number of ether oxygens (including phenoxy) is 1. The number of amides is 1. The summed E-state index contributed by atoms with van der Waals surface area (Å²) in [7, 11) is -1.76. The molecule has 128 valence electrons. The molecule has 0 aromatic heterocycles. The van der Waals surface area contributed by atoms with Gasteiger partial charge in [0.2, 0.25) is 10.0 Å². The van der Waals surface area contributed by atoms with Crippen LogP contribution in [0.4, 0.5) is 5.69 Å². The lowest BCUT2D eigenvalue weighted by Gasteiger charge is -2.11. The van der Waals surface area contributed by atoms with Crippen molar-refractivity contribution in [2.45, 2.75) is 13.2 Å². The van der Waals surface area contributed by atoms with Crippen molar-refractivity contribution in [1.82, 2.24) is 5.32 Å². The molecule has 0 aliphatic heterocycles. The second kappa shape index (κ2) is 7.94. The van der Waals surface area contributed by atoms with E-state index in [1.54, 1.807) is 43.5 Å². The summed E-state index contributed by atoms with van der Waals surface area (Å²) in [6.45, 7) is 0.712. The van der Waals surface area contributed by atoms with E-state index in [1.807, 2.05) is 12.1 Å². The molecule has 0 saturated carbocycles. The van der Waals surface area contributed by atoms with Crippen LogP contribution >= 0.6 is 0 Å². The normalized spacial score (nSPS) is 11.1. The predicted octanol–water partition coefficient (Wildman–Crippen LogP) is 2.13. The van der Waals surface area contributed by atoms with Crippen molar-refractivity contribution in [2.75, 3.05) is 18.1 Å². The van der Waals surface area contributed by atoms with Crippen LogP contribution in [0, 0.1) is 0 Å². The molecule has 0 fully saturated rings. The monoisotopic (exact) mass is 348 g/mol. The van der Waals surface area contributed by atoms with Crippen LogP contribution in [0.2, 0.25) is 0 Å². The minimum atomic E-state index is -3.38. The minimum absolute atomic E-state index is 0.220. The Morgan fingerprint density at radius 3 is 2.38 bits per heavy atom. The van der Waals surface area contributed by atoms with Crippen LogP contribution in [0.15, 0.2) is 48.5 Å². The van der Waals surface area contributed by atoms with Gasteiger partial charge in [-0.3, -0.25) is 9.52 Å². The first-order valence-corrected chi connectivity index (χ1v) is 9.20. The highest BCUT2D eigenvalue weighted by atomic mass is 32.2. The van der Waals surface area contributed by atoms with Gasteiger partial charge in [0.1, 0.15) is 0 Å². The number of carbonyl (C=O) groups excluding carboxylic acids is 1. The number of hydrogen-bond acceptors (Lipinski definition) is 4. The van der Waals surface area contributed by atoms with Gasteiger partial charge < -0.3 is 10.1 Å². The number of carbonyl (C=O) groups is 1. The lowest BCUT2D eigenvalue weighted by atomic mass is 10.1. The maximum absolute atomic E-state index is 12.2. The van der Waals surface area contributed by atoms with E-state index in [-0.39, 0.29) is 12.5 Å². The fourth-order valence-corrected chi connectivity index (χ4v) is 2.77. The molecule has 24 heavy (non-hydrogen) atoms. The van der Waals surface area contributed by atoms with Crippen molar-refractivity contribution in [3.05, 3.63) is 65.2 Å². The van der Waals surface area contributed by atoms with Gasteiger partial charge in [0, 0.05) is 19.2 Å². The maximum atomic E-state index is 12.2. The number of nitrogens with one attached hydrogen (secondary N) is 2. The number of sulfonamides is 1. The molecule has 1 amide bonds. The molecule has 2 aromatic carbocycles. The summed E-state index contributed by atoms with van der Waals surface area (Å²) in [6, 6.07) is 14.0. The molecule has 0 unspecified atom stereocenters. The first-order valence-electron chi connectivity index (χ1n) is 7.31. The Morgan fingerprint density at radius 2 is 1.75 bits per heavy atom. The molecule has 0 atom stereocenters. The number of anilines is 1. The molecule has 2 aromatic rings. The van der Waals surface area contributed by atoms with Crippen LogP contribution in [-0.2, 0) is 27.9 Å². The van der Waals surface area contributed by atoms with Crippen LogP contribution in [0.1, 0.15) is 21.5 Å². The van der Waals surface area contributed by atoms with E-state index in [0.29, 0.717) is 23.4 Å². The Kier molecular flexibility index (Phi) is 5.94. The van der Waals surface area contributed by atoms with E-state index in [2.05, 4.69) is 10.0 Å². The van der Waals surface area contributed by atoms with Crippen molar-refractivity contribution < 1.29 is 17.9 Å². The Bertz CT molecular complexity index is 802. The molecule has 0 bridgehead atoms. The molecular weight excluding hydrogens is 328 g/mol. The lowest BCUT2D eigenvalue weighted by molar-refractivity contribution is 0.0951. The molecule has 2 N–H and O–H groups in total. The zero-order valence-electron chi connectivity index (χ0n) is 13.6. The van der Waals surface area contributed by atoms with Gasteiger partial charge >= 0.3 is 0 Å². The van der Waals surface area contributed by atoms with Crippen molar-refractivity contribution in [3.8, 4) is 0 Å². The summed E-state index contributed by atoms with van der Waals surface area (Å²) >= 11 is 0. The molecular formula is C17H20N2O4S. The average Bonchev–Trinajstić information content (AvgIpc) is 2.53. The standard InChI is InChI=1S/C17H20N2O4S/c1-23-12-13-7-9-14(10-8-13)17(20)18-11-15-5-3-4-6-16(15)19-24(2,21)22/h3-10,19H,11-12H2,1-2H3,(H,18,20). The summed E-state index contributed by atoms with van der Waals surface area (Å²) in [5, 5.41) is 2.79. The molecule has 0 aliphatic carbocycles. The third kappa shape index (κ3) is 5.36. The topological polar surface area (TPSA) is 84.5 Å². The van der Waals surface area contributed by atoms with Gasteiger partial charge in [-0.1, -0.05) is 30.3 Å². The fraction of sp³-hybridized carbons (Fsp3) is 0.235. The quantitative estimate of drug-likeness (QED) is 0.803. The van der Waals surface area contributed by atoms with Gasteiger partial charge in [0.25, 0.3) is 5.91 Å². The van der Waals surface area contributed by atoms with E-state index in [9.17, 15) is 13.2 Å². The van der Waals surface area contributed by atoms with E-state index in [0.717, 1.165) is 11.8 Å². The maximum Gasteiger partial charge on any atom is 0.251 e. The average molecular weight is 348 g/mol. The number of methoxy groups -OCH3 is 1. The van der Waals surface area contributed by atoms with Gasteiger partial charge in [0.05, 0.1) is 18.6 Å². The number of benzene rings is 2. The minimum Gasteiger partial charge on any atom is -0.380 e. The molecule has 0 heterocycles. The third-order valence-corrected chi connectivity index (χ3v) is 3.87. The van der Waals surface area contributed by atoms with E-state index in [1.165, 1.54) is 0 Å². The van der Waals surface area contributed by atoms with E-state index < -0.39 is 10.0 Å². The highest BCUT2D eigenvalue weighted by molar-refractivity contribution is 7.92. The summed E-state index contributed by atoms with van der Waals surface area (Å²) in [4.78, 5) is 12.2. The van der Waals surface area contributed by atoms with Crippen molar-refractivity contribution >= 4 is 21.6 Å². The first kappa shape index (κ1) is 18.0. The Morgan fingerprint density at radius 1 is 1.08 bits per heavy atom. The Labute approximate surface area is 141 Å². The van der Waals surface area contributed by atoms with Gasteiger partial charge in [-0.15, -0.1) is 0 Å². The van der Waals surface area contributed by atoms with Crippen molar-refractivity contribution in [3.63, 3.8) is 0 Å². The molecule has 0 saturated heterocycles. The Balaban J connectivity index is 2.04. The van der Waals surface area contributed by atoms with E-state index in [4.69, 9.17) is 4.74 Å². The van der Waals surface area contributed by atoms with Gasteiger partial charge in [-0.2, -0.15) is 0 Å². The van der Waals surface area contributed by atoms with Crippen molar-refractivity contribution in [2.24, 2.45) is 0 Å². The van der Waals surface area contributed by atoms with Crippen LogP contribution in [0.3, 0.4) is 0 Å². The molecule has 0 spiro atoms. The SMILES string of the molecule is COCc1ccc(C(=O)NCc2ccccc2NS(C)(=O)=O)cc1. The number of rotatable bonds is 7. The summed E-state index contributed by atoms with van der Waals surface area (Å²) in [5.41, 5.74) is 2.66. The van der Waals surface area contributed by atoms with Gasteiger partial charge in [-0.25, -0.2) is 8.42 Å². The van der Waals surface area contributed by atoms with Crippen LogP contribution in [-0.4, -0.2) is 27.7 Å². The summed E-state index contributed by atoms with van der Waals surface area (Å²) < 4.78 is 30.2. The summed E-state index contributed by atoms with van der Waals surface area (Å²) in [6.07, 6.45) is 1.09. The largest absolute Gasteiger partial charge is 0.380 e. The molecule has 0 radical (unpaired) electrons. The molecule has 6 nitrogen and oxygen atoms in total. The third-order valence-electron chi connectivity index (χ3n) is 3.28. The fourth-order valence-electron chi connectivity index (χ4n) is 2.17. The number of para-hydroxylation sites is 1.